The number of carbonyl (C=O) groups excluding carboxylic acids is 3. The largest absolute Gasteiger partial charge is 0.433 e. The number of rotatable bonds is 8. The second-order valence-electron chi connectivity index (χ2n) is 6.57. The molecule has 13 heteroatoms. The summed E-state index contributed by atoms with van der Waals surface area (Å²) in [5.74, 6) is -1.79. The van der Waals surface area contributed by atoms with E-state index < -0.39 is 30.4 Å². The Labute approximate surface area is 190 Å². The van der Waals surface area contributed by atoms with E-state index in [2.05, 4.69) is 15.4 Å². The minimum Gasteiger partial charge on any atom is -0.433 e. The molecule has 32 heavy (non-hydrogen) atoms. The zero-order valence-electron chi connectivity index (χ0n) is 16.5. The molecule has 3 rings (SSSR count). The number of benzene rings is 1. The van der Waals surface area contributed by atoms with Crippen LogP contribution in [0.25, 0.3) is 0 Å². The molecular formula is C19H19ClF2N4O5S. The number of ether oxygens (including phenoxy) is 2. The molecule has 4 N–H and O–H groups in total. The number of hydrogen-bond donors (Lipinski definition) is 3. The van der Waals surface area contributed by atoms with Gasteiger partial charge in [0, 0.05) is 24.8 Å². The van der Waals surface area contributed by atoms with Gasteiger partial charge in [-0.1, -0.05) is 11.6 Å². The third-order valence-corrected chi connectivity index (χ3v) is 5.57. The first-order valence-corrected chi connectivity index (χ1v) is 10.5. The van der Waals surface area contributed by atoms with E-state index in [0.717, 1.165) is 11.3 Å². The molecule has 1 saturated heterocycles. The molecule has 0 aliphatic carbocycles. The molecule has 2 heterocycles. The number of amides is 3. The monoisotopic (exact) mass is 488 g/mol. The lowest BCUT2D eigenvalue weighted by atomic mass is 10.2. The molecule has 0 unspecified atom stereocenters. The van der Waals surface area contributed by atoms with Crippen LogP contribution in [0.4, 0.5) is 20.2 Å². The number of thiophene rings is 1. The summed E-state index contributed by atoms with van der Waals surface area (Å²) in [4.78, 5) is 38.1. The fourth-order valence-corrected chi connectivity index (χ4v) is 3.79. The lowest BCUT2D eigenvalue weighted by Gasteiger charge is -2.28. The average Bonchev–Trinajstić information content (AvgIpc) is 3.18. The third-order valence-electron chi connectivity index (χ3n) is 4.34. The highest BCUT2D eigenvalue weighted by Gasteiger charge is 2.25. The van der Waals surface area contributed by atoms with Gasteiger partial charge in [0.2, 0.25) is 5.91 Å². The maximum Gasteiger partial charge on any atom is 0.387 e. The topological polar surface area (TPSA) is 123 Å². The van der Waals surface area contributed by atoms with Crippen molar-refractivity contribution in [1.29, 1.82) is 0 Å². The van der Waals surface area contributed by atoms with Crippen molar-refractivity contribution >= 4 is 52.0 Å². The molecule has 0 saturated carbocycles. The van der Waals surface area contributed by atoms with Gasteiger partial charge in [-0.15, -0.1) is 11.3 Å². The normalized spacial score (nSPS) is 14.9. The predicted octanol–water partition coefficient (Wildman–Crippen LogP) is 2.06. The van der Waals surface area contributed by atoms with E-state index >= 15 is 0 Å². The number of nitrogens with two attached hydrogens (primary N) is 1. The van der Waals surface area contributed by atoms with Crippen molar-refractivity contribution in [2.75, 3.05) is 36.5 Å². The first-order valence-electron chi connectivity index (χ1n) is 9.31. The smallest absolute Gasteiger partial charge is 0.387 e. The minimum absolute atomic E-state index is 0.127. The average molecular weight is 489 g/mol. The summed E-state index contributed by atoms with van der Waals surface area (Å²) in [5, 5.41) is 5.00. The van der Waals surface area contributed by atoms with Gasteiger partial charge in [0.15, 0.2) is 5.75 Å². The molecule has 1 aliphatic rings. The van der Waals surface area contributed by atoms with E-state index in [4.69, 9.17) is 22.1 Å². The SMILES string of the molecule is N[C@@H](CNC(=O)c1ccc(Cl)s1)C(=O)Nc1ccc(N2CCOCC2=O)c(OC(F)F)c1. The van der Waals surface area contributed by atoms with E-state index in [1.165, 1.54) is 23.1 Å². The molecule has 0 bridgehead atoms. The minimum atomic E-state index is -3.14. The summed E-state index contributed by atoms with van der Waals surface area (Å²) in [5.41, 5.74) is 6.07. The number of hydrogen-bond acceptors (Lipinski definition) is 7. The van der Waals surface area contributed by atoms with Crippen LogP contribution in [0.2, 0.25) is 4.34 Å². The first kappa shape index (κ1) is 23.9. The van der Waals surface area contributed by atoms with Crippen molar-refractivity contribution in [3.8, 4) is 5.75 Å². The summed E-state index contributed by atoms with van der Waals surface area (Å²) >= 11 is 6.86. The second kappa shape index (κ2) is 10.7. The van der Waals surface area contributed by atoms with Gasteiger partial charge in [-0.25, -0.2) is 0 Å². The fourth-order valence-electron chi connectivity index (χ4n) is 2.83. The Morgan fingerprint density at radius 2 is 2.09 bits per heavy atom. The Bertz CT molecular complexity index is 1010. The Morgan fingerprint density at radius 1 is 1.31 bits per heavy atom. The van der Waals surface area contributed by atoms with E-state index in [0.29, 0.717) is 9.21 Å². The number of alkyl halides is 2. The van der Waals surface area contributed by atoms with E-state index in [-0.39, 0.29) is 43.4 Å². The standard InChI is InChI=1S/C19H19ClF2N4O5S/c20-15-4-3-14(32-15)18(29)24-8-11(23)17(28)25-10-1-2-12(13(7-10)31-19(21)22)26-5-6-30-9-16(26)27/h1-4,7,11,19H,5-6,8-9,23H2,(H,24,29)(H,25,28)/t11-/m0/s1. The van der Waals surface area contributed by atoms with Crippen LogP contribution in [0, 0.1) is 0 Å². The third kappa shape index (κ3) is 6.13. The van der Waals surface area contributed by atoms with Crippen LogP contribution >= 0.6 is 22.9 Å². The number of carbonyl (C=O) groups is 3. The molecule has 1 fully saturated rings. The molecule has 0 spiro atoms. The van der Waals surface area contributed by atoms with Crippen LogP contribution in [0.5, 0.6) is 5.75 Å². The van der Waals surface area contributed by atoms with Gasteiger partial charge in [0.1, 0.15) is 12.6 Å². The number of morpholine rings is 1. The predicted molar refractivity (Wildman–Crippen MR) is 115 cm³/mol. The zero-order chi connectivity index (χ0) is 23.3. The molecule has 3 amide bonds. The summed E-state index contributed by atoms with van der Waals surface area (Å²) < 4.78 is 35.8. The van der Waals surface area contributed by atoms with E-state index in [1.54, 1.807) is 12.1 Å². The Balaban J connectivity index is 1.65. The second-order valence-corrected chi connectivity index (χ2v) is 8.28. The Hall–Kier alpha value is -2.80. The summed E-state index contributed by atoms with van der Waals surface area (Å²) in [6.45, 7) is -3.06. The van der Waals surface area contributed by atoms with Gasteiger partial charge >= 0.3 is 6.61 Å². The van der Waals surface area contributed by atoms with Gasteiger partial charge in [-0.05, 0) is 24.3 Å². The van der Waals surface area contributed by atoms with Crippen molar-refractivity contribution in [3.05, 3.63) is 39.5 Å². The highest BCUT2D eigenvalue weighted by atomic mass is 35.5. The van der Waals surface area contributed by atoms with Crippen LogP contribution in [0.15, 0.2) is 30.3 Å². The Kier molecular flexibility index (Phi) is 7.96. The van der Waals surface area contributed by atoms with Crippen LogP contribution in [0.1, 0.15) is 9.67 Å². The highest BCUT2D eigenvalue weighted by Crippen LogP contribution is 2.33. The van der Waals surface area contributed by atoms with E-state index in [9.17, 15) is 23.2 Å². The maximum absolute atomic E-state index is 12.9. The number of nitrogens with zero attached hydrogens (tertiary/aromatic N) is 1. The first-order chi connectivity index (χ1) is 15.2. The quantitative estimate of drug-likeness (QED) is 0.522. The molecule has 172 valence electrons. The number of anilines is 2. The van der Waals surface area contributed by atoms with Crippen LogP contribution in [-0.2, 0) is 14.3 Å². The number of nitrogens with one attached hydrogen (secondary N) is 2. The molecule has 9 nitrogen and oxygen atoms in total. The van der Waals surface area contributed by atoms with Crippen LogP contribution in [-0.4, -0.2) is 56.7 Å². The lowest BCUT2D eigenvalue weighted by molar-refractivity contribution is -0.125. The molecule has 1 aliphatic heterocycles. The van der Waals surface area contributed by atoms with Crippen molar-refractivity contribution in [3.63, 3.8) is 0 Å². The molecule has 2 aromatic rings. The molecule has 1 atom stereocenters. The van der Waals surface area contributed by atoms with Gasteiger partial charge < -0.3 is 30.7 Å². The maximum atomic E-state index is 12.9. The van der Waals surface area contributed by atoms with Crippen LogP contribution in [0.3, 0.4) is 0 Å². The zero-order valence-corrected chi connectivity index (χ0v) is 18.1. The van der Waals surface area contributed by atoms with Gasteiger partial charge in [-0.3, -0.25) is 14.4 Å². The van der Waals surface area contributed by atoms with Crippen molar-refractivity contribution in [2.45, 2.75) is 12.7 Å². The van der Waals surface area contributed by atoms with Crippen molar-refractivity contribution in [2.24, 2.45) is 5.73 Å². The Morgan fingerprint density at radius 3 is 2.75 bits per heavy atom. The summed E-state index contributed by atoms with van der Waals surface area (Å²) in [7, 11) is 0. The lowest BCUT2D eigenvalue weighted by Crippen LogP contribution is -2.45. The summed E-state index contributed by atoms with van der Waals surface area (Å²) in [6, 6.07) is 5.97. The highest BCUT2D eigenvalue weighted by molar-refractivity contribution is 7.18. The number of halogens is 3. The van der Waals surface area contributed by atoms with Gasteiger partial charge in [0.05, 0.1) is 21.5 Å². The molecular weight excluding hydrogens is 470 g/mol. The van der Waals surface area contributed by atoms with E-state index in [1.807, 2.05) is 0 Å². The molecule has 0 radical (unpaired) electrons. The fraction of sp³-hybridized carbons (Fsp3) is 0.316. The van der Waals surface area contributed by atoms with Crippen LogP contribution < -0.4 is 26.0 Å². The summed E-state index contributed by atoms with van der Waals surface area (Å²) in [6.07, 6.45) is 0. The van der Waals surface area contributed by atoms with Crippen molar-refractivity contribution in [1.82, 2.24) is 5.32 Å². The molecule has 1 aromatic carbocycles. The van der Waals surface area contributed by atoms with Crippen molar-refractivity contribution < 1.29 is 32.6 Å². The molecule has 1 aromatic heterocycles. The van der Waals surface area contributed by atoms with Gasteiger partial charge in [0.25, 0.3) is 11.8 Å². The van der Waals surface area contributed by atoms with Gasteiger partial charge in [-0.2, -0.15) is 8.78 Å².